The molecular formula is C17H18O4. The number of carbonyl (C=O) groups is 1. The normalized spacial score (nSPS) is 10.1. The SMILES string of the molecule is CCOC(=O)Cc1cc(O)cc(OCc2ccccc2)c1. The third kappa shape index (κ3) is 4.84. The van der Waals surface area contributed by atoms with Gasteiger partial charge in [0.2, 0.25) is 0 Å². The average Bonchev–Trinajstić information content (AvgIpc) is 2.46. The minimum atomic E-state index is -0.322. The number of esters is 1. The van der Waals surface area contributed by atoms with Crippen molar-refractivity contribution in [1.82, 2.24) is 0 Å². The summed E-state index contributed by atoms with van der Waals surface area (Å²) in [5, 5.41) is 9.70. The Morgan fingerprint density at radius 3 is 2.57 bits per heavy atom. The van der Waals surface area contributed by atoms with Gasteiger partial charge < -0.3 is 14.6 Å². The number of benzene rings is 2. The van der Waals surface area contributed by atoms with Gasteiger partial charge >= 0.3 is 5.97 Å². The van der Waals surface area contributed by atoms with E-state index in [9.17, 15) is 9.90 Å². The lowest BCUT2D eigenvalue weighted by Gasteiger charge is -2.09. The van der Waals surface area contributed by atoms with E-state index in [0.717, 1.165) is 5.56 Å². The van der Waals surface area contributed by atoms with Crippen molar-refractivity contribution in [3.05, 3.63) is 59.7 Å². The van der Waals surface area contributed by atoms with E-state index in [1.807, 2.05) is 30.3 Å². The molecular weight excluding hydrogens is 268 g/mol. The molecule has 4 heteroatoms. The summed E-state index contributed by atoms with van der Waals surface area (Å²) in [6.07, 6.45) is 0.115. The van der Waals surface area contributed by atoms with Gasteiger partial charge in [-0.1, -0.05) is 30.3 Å². The van der Waals surface area contributed by atoms with Gasteiger partial charge in [-0.15, -0.1) is 0 Å². The van der Waals surface area contributed by atoms with Crippen molar-refractivity contribution >= 4 is 5.97 Å². The van der Waals surface area contributed by atoms with Gasteiger partial charge in [0.05, 0.1) is 13.0 Å². The lowest BCUT2D eigenvalue weighted by molar-refractivity contribution is -0.142. The van der Waals surface area contributed by atoms with Crippen LogP contribution in [0.3, 0.4) is 0 Å². The highest BCUT2D eigenvalue weighted by Gasteiger charge is 2.07. The molecule has 0 bridgehead atoms. The van der Waals surface area contributed by atoms with Crippen molar-refractivity contribution < 1.29 is 19.4 Å². The fourth-order valence-electron chi connectivity index (χ4n) is 1.95. The fourth-order valence-corrected chi connectivity index (χ4v) is 1.95. The van der Waals surface area contributed by atoms with Crippen molar-refractivity contribution in [2.24, 2.45) is 0 Å². The van der Waals surface area contributed by atoms with Crippen LogP contribution in [-0.2, 0) is 22.6 Å². The first-order chi connectivity index (χ1) is 10.2. The third-order valence-corrected chi connectivity index (χ3v) is 2.85. The maximum Gasteiger partial charge on any atom is 0.310 e. The van der Waals surface area contributed by atoms with E-state index in [-0.39, 0.29) is 18.1 Å². The predicted octanol–water partition coefficient (Wildman–Crippen LogP) is 3.08. The van der Waals surface area contributed by atoms with Gasteiger partial charge in [-0.2, -0.15) is 0 Å². The summed E-state index contributed by atoms with van der Waals surface area (Å²) in [6, 6.07) is 14.5. The third-order valence-electron chi connectivity index (χ3n) is 2.85. The Bertz CT molecular complexity index is 593. The molecule has 0 radical (unpaired) electrons. The molecule has 0 atom stereocenters. The molecule has 0 aliphatic rings. The molecule has 0 heterocycles. The maximum atomic E-state index is 11.5. The topological polar surface area (TPSA) is 55.8 Å². The predicted molar refractivity (Wildman–Crippen MR) is 79.2 cm³/mol. The lowest BCUT2D eigenvalue weighted by Crippen LogP contribution is -2.07. The number of aromatic hydroxyl groups is 1. The summed E-state index contributed by atoms with van der Waals surface area (Å²) in [7, 11) is 0. The van der Waals surface area contributed by atoms with Gasteiger partial charge in [0.25, 0.3) is 0 Å². The van der Waals surface area contributed by atoms with Gasteiger partial charge in [0.1, 0.15) is 18.1 Å². The highest BCUT2D eigenvalue weighted by Crippen LogP contribution is 2.23. The Labute approximate surface area is 123 Å². The van der Waals surface area contributed by atoms with Crippen LogP contribution in [0.5, 0.6) is 11.5 Å². The summed E-state index contributed by atoms with van der Waals surface area (Å²) in [5.74, 6) is 0.273. The van der Waals surface area contributed by atoms with Crippen molar-refractivity contribution in [3.63, 3.8) is 0 Å². The first-order valence-electron chi connectivity index (χ1n) is 6.82. The van der Waals surface area contributed by atoms with E-state index in [0.29, 0.717) is 24.5 Å². The molecule has 4 nitrogen and oxygen atoms in total. The Kier molecular flexibility index (Phi) is 5.21. The average molecular weight is 286 g/mol. The molecule has 21 heavy (non-hydrogen) atoms. The molecule has 0 saturated carbocycles. The molecule has 1 N–H and O–H groups in total. The van der Waals surface area contributed by atoms with Crippen molar-refractivity contribution in [1.29, 1.82) is 0 Å². The van der Waals surface area contributed by atoms with Gasteiger partial charge in [-0.3, -0.25) is 4.79 Å². The van der Waals surface area contributed by atoms with Crippen LogP contribution in [0.25, 0.3) is 0 Å². The Balaban J connectivity index is 2.03. The van der Waals surface area contributed by atoms with Crippen LogP contribution in [0.4, 0.5) is 0 Å². The zero-order valence-electron chi connectivity index (χ0n) is 11.9. The fraction of sp³-hybridized carbons (Fsp3) is 0.235. The maximum absolute atomic E-state index is 11.5. The zero-order valence-corrected chi connectivity index (χ0v) is 11.9. The Morgan fingerprint density at radius 2 is 1.86 bits per heavy atom. The number of hydrogen-bond acceptors (Lipinski definition) is 4. The standard InChI is InChI=1S/C17H18O4/c1-2-20-17(19)10-14-8-15(18)11-16(9-14)21-12-13-6-4-3-5-7-13/h3-9,11,18H,2,10,12H2,1H3. The molecule has 2 rings (SSSR count). The van der Waals surface area contributed by atoms with Crippen molar-refractivity contribution in [3.8, 4) is 11.5 Å². The van der Waals surface area contributed by atoms with Gasteiger partial charge in [-0.25, -0.2) is 0 Å². The van der Waals surface area contributed by atoms with E-state index in [4.69, 9.17) is 9.47 Å². The molecule has 0 spiro atoms. The molecule has 0 aliphatic heterocycles. The van der Waals surface area contributed by atoms with E-state index in [2.05, 4.69) is 0 Å². The quantitative estimate of drug-likeness (QED) is 0.829. The van der Waals surface area contributed by atoms with Gasteiger partial charge in [0.15, 0.2) is 0 Å². The highest BCUT2D eigenvalue weighted by atomic mass is 16.5. The summed E-state index contributed by atoms with van der Waals surface area (Å²) in [6.45, 7) is 2.51. The largest absolute Gasteiger partial charge is 0.508 e. The number of rotatable bonds is 6. The highest BCUT2D eigenvalue weighted by molar-refractivity contribution is 5.72. The molecule has 2 aromatic carbocycles. The Hall–Kier alpha value is -2.49. The van der Waals surface area contributed by atoms with E-state index in [1.54, 1.807) is 13.0 Å². The van der Waals surface area contributed by atoms with E-state index >= 15 is 0 Å². The minimum absolute atomic E-state index is 0.0693. The second-order valence-corrected chi connectivity index (χ2v) is 4.59. The van der Waals surface area contributed by atoms with Crippen LogP contribution < -0.4 is 4.74 Å². The minimum Gasteiger partial charge on any atom is -0.508 e. The number of phenolic OH excluding ortho intramolecular Hbond substituents is 1. The van der Waals surface area contributed by atoms with Crippen molar-refractivity contribution in [2.45, 2.75) is 20.0 Å². The van der Waals surface area contributed by atoms with Crippen LogP contribution in [0.1, 0.15) is 18.1 Å². The zero-order chi connectivity index (χ0) is 15.1. The molecule has 0 saturated heterocycles. The lowest BCUT2D eigenvalue weighted by atomic mass is 10.1. The molecule has 0 fully saturated rings. The van der Waals surface area contributed by atoms with Gasteiger partial charge in [0, 0.05) is 6.07 Å². The van der Waals surface area contributed by atoms with Crippen LogP contribution in [0, 0.1) is 0 Å². The first-order valence-corrected chi connectivity index (χ1v) is 6.82. The summed E-state index contributed by atoms with van der Waals surface area (Å²) >= 11 is 0. The van der Waals surface area contributed by atoms with Crippen LogP contribution >= 0.6 is 0 Å². The molecule has 0 aliphatic carbocycles. The molecule has 0 aromatic heterocycles. The Morgan fingerprint density at radius 1 is 1.10 bits per heavy atom. The second-order valence-electron chi connectivity index (χ2n) is 4.59. The summed E-state index contributed by atoms with van der Waals surface area (Å²) in [5.41, 5.74) is 1.70. The number of carbonyl (C=O) groups excluding carboxylic acids is 1. The molecule has 0 amide bonds. The van der Waals surface area contributed by atoms with Gasteiger partial charge in [-0.05, 0) is 30.2 Å². The number of ether oxygens (including phenoxy) is 2. The first kappa shape index (κ1) is 14.9. The summed E-state index contributed by atoms with van der Waals surface area (Å²) in [4.78, 5) is 11.5. The molecule has 110 valence electrons. The van der Waals surface area contributed by atoms with Crippen LogP contribution in [-0.4, -0.2) is 17.7 Å². The monoisotopic (exact) mass is 286 g/mol. The van der Waals surface area contributed by atoms with Crippen LogP contribution in [0.2, 0.25) is 0 Å². The van der Waals surface area contributed by atoms with E-state index < -0.39 is 0 Å². The van der Waals surface area contributed by atoms with Crippen molar-refractivity contribution in [2.75, 3.05) is 6.61 Å². The smallest absolute Gasteiger partial charge is 0.310 e. The van der Waals surface area contributed by atoms with E-state index in [1.165, 1.54) is 12.1 Å². The van der Waals surface area contributed by atoms with Crippen LogP contribution in [0.15, 0.2) is 48.5 Å². The number of hydrogen-bond donors (Lipinski definition) is 1. The summed E-state index contributed by atoms with van der Waals surface area (Å²) < 4.78 is 10.5. The number of phenols is 1. The molecule has 2 aromatic rings. The second kappa shape index (κ2) is 7.33. The molecule has 0 unspecified atom stereocenters.